The molecule has 1 atom stereocenters. The molecule has 3 rings (SSSR count). The molecule has 0 fully saturated rings. The Morgan fingerprint density at radius 2 is 2.13 bits per heavy atom. The standard InChI is InChI=1S/C17H21N3O2S/c1-23-12-17(22)19-7-8-20-14(11-19)10-15(18-20)16(21)9-13-5-3-2-4-6-13/h2-6,10,16,21H,7-9,11-12H2,1H3. The molecule has 6 heteroatoms. The lowest BCUT2D eigenvalue weighted by molar-refractivity contribution is -0.129. The SMILES string of the molecule is CSCC(=O)N1CCn2nc(C(O)Cc3ccccc3)cc2C1. The number of rotatable bonds is 5. The van der Waals surface area contributed by atoms with Crippen LogP contribution in [0.4, 0.5) is 0 Å². The normalized spacial score (nSPS) is 15.3. The first kappa shape index (κ1) is 16.1. The highest BCUT2D eigenvalue weighted by atomic mass is 32.2. The summed E-state index contributed by atoms with van der Waals surface area (Å²) in [6.07, 6.45) is 1.86. The lowest BCUT2D eigenvalue weighted by Crippen LogP contribution is -2.39. The predicted octanol–water partition coefficient (Wildman–Crippen LogP) is 1.86. The smallest absolute Gasteiger partial charge is 0.232 e. The van der Waals surface area contributed by atoms with Crippen LogP contribution in [-0.4, -0.2) is 44.2 Å². The van der Waals surface area contributed by atoms with Crippen LogP contribution >= 0.6 is 11.8 Å². The van der Waals surface area contributed by atoms with Crippen molar-refractivity contribution in [3.8, 4) is 0 Å². The predicted molar refractivity (Wildman–Crippen MR) is 91.1 cm³/mol. The summed E-state index contributed by atoms with van der Waals surface area (Å²) in [4.78, 5) is 13.9. The molecule has 0 radical (unpaired) electrons. The van der Waals surface area contributed by atoms with E-state index in [1.54, 1.807) is 11.8 Å². The minimum Gasteiger partial charge on any atom is -0.386 e. The van der Waals surface area contributed by atoms with Gasteiger partial charge in [0.05, 0.1) is 30.2 Å². The van der Waals surface area contributed by atoms with Crippen molar-refractivity contribution in [2.45, 2.75) is 25.6 Å². The number of carbonyl (C=O) groups is 1. The Bertz CT molecular complexity index is 672. The number of thioether (sulfide) groups is 1. The zero-order valence-electron chi connectivity index (χ0n) is 13.2. The van der Waals surface area contributed by atoms with Gasteiger partial charge in [0, 0.05) is 13.0 Å². The molecule has 0 saturated carbocycles. The van der Waals surface area contributed by atoms with Crippen molar-refractivity contribution in [1.29, 1.82) is 0 Å². The van der Waals surface area contributed by atoms with Crippen LogP contribution < -0.4 is 0 Å². The third kappa shape index (κ3) is 3.76. The molecule has 1 aliphatic heterocycles. The topological polar surface area (TPSA) is 58.4 Å². The zero-order valence-corrected chi connectivity index (χ0v) is 14.0. The quantitative estimate of drug-likeness (QED) is 0.909. The largest absolute Gasteiger partial charge is 0.386 e. The van der Waals surface area contributed by atoms with E-state index in [-0.39, 0.29) is 5.91 Å². The summed E-state index contributed by atoms with van der Waals surface area (Å²) in [5, 5.41) is 14.9. The van der Waals surface area contributed by atoms with Gasteiger partial charge in [-0.15, -0.1) is 0 Å². The fourth-order valence-corrected chi connectivity index (χ4v) is 3.25. The van der Waals surface area contributed by atoms with Crippen LogP contribution in [0.3, 0.4) is 0 Å². The first-order valence-electron chi connectivity index (χ1n) is 7.72. The second-order valence-electron chi connectivity index (χ2n) is 5.74. The van der Waals surface area contributed by atoms with Crippen molar-refractivity contribution < 1.29 is 9.90 Å². The van der Waals surface area contributed by atoms with Crippen LogP contribution in [0.1, 0.15) is 23.1 Å². The second-order valence-corrected chi connectivity index (χ2v) is 6.60. The summed E-state index contributed by atoms with van der Waals surface area (Å²) in [5.41, 5.74) is 2.76. The van der Waals surface area contributed by atoms with Gasteiger partial charge in [-0.3, -0.25) is 9.48 Å². The van der Waals surface area contributed by atoms with Gasteiger partial charge in [0.2, 0.25) is 5.91 Å². The summed E-state index contributed by atoms with van der Waals surface area (Å²) in [6.45, 7) is 1.94. The molecule has 2 aromatic rings. The molecular formula is C17H21N3O2S. The number of aromatic nitrogens is 2. The Morgan fingerprint density at radius 1 is 1.35 bits per heavy atom. The van der Waals surface area contributed by atoms with Crippen LogP contribution in [0.2, 0.25) is 0 Å². The van der Waals surface area contributed by atoms with E-state index < -0.39 is 6.10 Å². The summed E-state index contributed by atoms with van der Waals surface area (Å²) in [7, 11) is 0. The number of hydrogen-bond donors (Lipinski definition) is 1. The lowest BCUT2D eigenvalue weighted by atomic mass is 10.1. The summed E-state index contributed by atoms with van der Waals surface area (Å²) >= 11 is 1.54. The molecule has 0 bridgehead atoms. The number of carbonyl (C=O) groups excluding carboxylic acids is 1. The van der Waals surface area contributed by atoms with E-state index in [1.807, 2.05) is 52.2 Å². The van der Waals surface area contributed by atoms with Gasteiger partial charge in [-0.1, -0.05) is 30.3 Å². The number of aliphatic hydroxyl groups is 1. The molecule has 1 unspecified atom stereocenters. The molecule has 1 amide bonds. The molecule has 1 aliphatic rings. The Morgan fingerprint density at radius 3 is 2.87 bits per heavy atom. The molecule has 0 saturated heterocycles. The third-order valence-electron chi connectivity index (χ3n) is 4.05. The van der Waals surface area contributed by atoms with Gasteiger partial charge in [-0.25, -0.2) is 0 Å². The minimum atomic E-state index is -0.620. The van der Waals surface area contributed by atoms with Crippen LogP contribution in [0.15, 0.2) is 36.4 Å². The average Bonchev–Trinajstić information content (AvgIpc) is 2.99. The van der Waals surface area contributed by atoms with E-state index >= 15 is 0 Å². The highest BCUT2D eigenvalue weighted by Crippen LogP contribution is 2.21. The third-order valence-corrected chi connectivity index (χ3v) is 4.59. The van der Waals surface area contributed by atoms with E-state index in [1.165, 1.54) is 0 Å². The highest BCUT2D eigenvalue weighted by molar-refractivity contribution is 7.99. The van der Waals surface area contributed by atoms with E-state index in [0.29, 0.717) is 37.5 Å². The van der Waals surface area contributed by atoms with Gasteiger partial charge in [-0.05, 0) is 17.9 Å². The Balaban J connectivity index is 1.69. The monoisotopic (exact) mass is 331 g/mol. The van der Waals surface area contributed by atoms with Crippen molar-refractivity contribution >= 4 is 17.7 Å². The van der Waals surface area contributed by atoms with Crippen molar-refractivity contribution in [3.05, 3.63) is 53.3 Å². The summed E-state index contributed by atoms with van der Waals surface area (Å²) in [6, 6.07) is 11.8. The molecule has 122 valence electrons. The Kier molecular flexibility index (Phi) is 5.03. The van der Waals surface area contributed by atoms with E-state index in [9.17, 15) is 9.90 Å². The number of benzene rings is 1. The Hall–Kier alpha value is -1.79. The van der Waals surface area contributed by atoms with Gasteiger partial charge < -0.3 is 10.0 Å². The van der Waals surface area contributed by atoms with Gasteiger partial charge in [0.15, 0.2) is 0 Å². The fourth-order valence-electron chi connectivity index (χ4n) is 2.82. The van der Waals surface area contributed by atoms with Crippen molar-refractivity contribution in [3.63, 3.8) is 0 Å². The maximum atomic E-state index is 12.0. The lowest BCUT2D eigenvalue weighted by Gasteiger charge is -2.27. The first-order chi connectivity index (χ1) is 11.2. The molecule has 0 spiro atoms. The van der Waals surface area contributed by atoms with Crippen LogP contribution in [-0.2, 0) is 24.3 Å². The van der Waals surface area contributed by atoms with E-state index in [2.05, 4.69) is 5.10 Å². The molecule has 0 aliphatic carbocycles. The molecule has 1 N–H and O–H groups in total. The molecule has 1 aromatic heterocycles. The van der Waals surface area contributed by atoms with Crippen molar-refractivity contribution in [2.75, 3.05) is 18.6 Å². The molecule has 5 nitrogen and oxygen atoms in total. The molecule has 1 aromatic carbocycles. The first-order valence-corrected chi connectivity index (χ1v) is 9.12. The zero-order chi connectivity index (χ0) is 16.2. The average molecular weight is 331 g/mol. The van der Waals surface area contributed by atoms with Crippen LogP contribution in [0, 0.1) is 0 Å². The van der Waals surface area contributed by atoms with Crippen LogP contribution in [0.25, 0.3) is 0 Å². The second kappa shape index (κ2) is 7.19. The number of amides is 1. The Labute approximate surface area is 140 Å². The maximum absolute atomic E-state index is 12.0. The fraction of sp³-hybridized carbons (Fsp3) is 0.412. The maximum Gasteiger partial charge on any atom is 0.232 e. The molecule has 23 heavy (non-hydrogen) atoms. The van der Waals surface area contributed by atoms with E-state index in [0.717, 1.165) is 11.3 Å². The number of hydrogen-bond acceptors (Lipinski definition) is 4. The van der Waals surface area contributed by atoms with Gasteiger partial charge in [-0.2, -0.15) is 16.9 Å². The van der Waals surface area contributed by atoms with Crippen molar-refractivity contribution in [2.24, 2.45) is 0 Å². The summed E-state index contributed by atoms with van der Waals surface area (Å²) in [5.74, 6) is 0.675. The van der Waals surface area contributed by atoms with Crippen molar-refractivity contribution in [1.82, 2.24) is 14.7 Å². The number of nitrogens with zero attached hydrogens (tertiary/aromatic N) is 3. The van der Waals surface area contributed by atoms with Gasteiger partial charge >= 0.3 is 0 Å². The molecule has 2 heterocycles. The number of aliphatic hydroxyl groups excluding tert-OH is 1. The number of fused-ring (bicyclic) bond motifs is 1. The van der Waals surface area contributed by atoms with Crippen LogP contribution in [0.5, 0.6) is 0 Å². The highest BCUT2D eigenvalue weighted by Gasteiger charge is 2.23. The van der Waals surface area contributed by atoms with E-state index in [4.69, 9.17) is 0 Å². The van der Waals surface area contributed by atoms with Gasteiger partial charge in [0.1, 0.15) is 6.10 Å². The summed E-state index contributed by atoms with van der Waals surface area (Å²) < 4.78 is 1.91. The minimum absolute atomic E-state index is 0.163. The molecular weight excluding hydrogens is 310 g/mol. The van der Waals surface area contributed by atoms with Gasteiger partial charge in [0.25, 0.3) is 0 Å².